The number of rotatable bonds is 8. The first-order valence-corrected chi connectivity index (χ1v) is 10.3. The van der Waals surface area contributed by atoms with Gasteiger partial charge in [-0.25, -0.2) is 4.79 Å². The molecule has 2 amide bonds. The summed E-state index contributed by atoms with van der Waals surface area (Å²) < 4.78 is 5.43. The Labute approximate surface area is 180 Å². The van der Waals surface area contributed by atoms with Gasteiger partial charge in [0.2, 0.25) is 5.91 Å². The van der Waals surface area contributed by atoms with E-state index < -0.39 is 12.1 Å². The van der Waals surface area contributed by atoms with Crippen LogP contribution in [0.5, 0.6) is 0 Å². The third-order valence-electron chi connectivity index (χ3n) is 5.76. The lowest BCUT2D eigenvalue weighted by Gasteiger charge is -2.14. The van der Waals surface area contributed by atoms with Gasteiger partial charge in [-0.1, -0.05) is 54.6 Å². The number of carbonyl (C=O) groups excluding carboxylic acids is 2. The maximum atomic E-state index is 12.1. The van der Waals surface area contributed by atoms with Gasteiger partial charge in [-0.3, -0.25) is 9.59 Å². The molecular weight excluding hydrogens is 396 g/mol. The van der Waals surface area contributed by atoms with Crippen LogP contribution in [0.2, 0.25) is 0 Å². The van der Waals surface area contributed by atoms with Crippen molar-refractivity contribution < 1.29 is 24.2 Å². The number of ether oxygens (including phenoxy) is 1. The van der Waals surface area contributed by atoms with E-state index in [1.165, 1.54) is 23.3 Å². The molecule has 0 heterocycles. The fourth-order valence-corrected chi connectivity index (χ4v) is 4.02. The number of carboxylic acid groups (broad SMARTS) is 1. The van der Waals surface area contributed by atoms with Crippen molar-refractivity contribution in [1.82, 2.24) is 10.6 Å². The van der Waals surface area contributed by atoms with Crippen LogP contribution >= 0.6 is 0 Å². The number of hydrogen-bond acceptors (Lipinski definition) is 4. The molecule has 0 aromatic heterocycles. The van der Waals surface area contributed by atoms with Gasteiger partial charge in [0.1, 0.15) is 6.61 Å². The van der Waals surface area contributed by atoms with E-state index in [0.29, 0.717) is 13.0 Å². The number of nitrogens with one attached hydrogen (secondary N) is 2. The minimum Gasteiger partial charge on any atom is -0.481 e. The number of carbonyl (C=O) groups is 3. The van der Waals surface area contributed by atoms with Gasteiger partial charge in [-0.2, -0.15) is 0 Å². The molecule has 2 atom stereocenters. The lowest BCUT2D eigenvalue weighted by molar-refractivity contribution is -0.139. The monoisotopic (exact) mass is 420 g/mol. The van der Waals surface area contributed by atoms with Crippen molar-refractivity contribution >= 4 is 18.0 Å². The summed E-state index contributed by atoms with van der Waals surface area (Å²) >= 11 is 0. The van der Waals surface area contributed by atoms with E-state index in [1.54, 1.807) is 0 Å². The van der Waals surface area contributed by atoms with Crippen LogP contribution in [0, 0.1) is 11.8 Å². The highest BCUT2D eigenvalue weighted by Crippen LogP contribution is 2.44. The first-order chi connectivity index (χ1) is 15.0. The third kappa shape index (κ3) is 4.77. The minimum absolute atomic E-state index is 0.00322. The van der Waals surface area contributed by atoms with Gasteiger partial charge >= 0.3 is 12.1 Å². The van der Waals surface area contributed by atoms with Crippen LogP contribution in [0.15, 0.2) is 60.7 Å². The maximum absolute atomic E-state index is 12.1. The predicted octanol–water partition coefficient (Wildman–Crippen LogP) is 2.92. The van der Waals surface area contributed by atoms with Crippen molar-refractivity contribution in [2.24, 2.45) is 11.8 Å². The Morgan fingerprint density at radius 2 is 1.65 bits per heavy atom. The first kappa shape index (κ1) is 20.7. The molecule has 0 saturated heterocycles. The first-order valence-electron chi connectivity index (χ1n) is 10.3. The minimum atomic E-state index is -0.818. The van der Waals surface area contributed by atoms with Gasteiger partial charge in [0.25, 0.3) is 0 Å². The van der Waals surface area contributed by atoms with E-state index in [2.05, 4.69) is 34.9 Å². The van der Waals surface area contributed by atoms with Crippen LogP contribution in [0.4, 0.5) is 4.79 Å². The Morgan fingerprint density at radius 3 is 2.26 bits per heavy atom. The van der Waals surface area contributed by atoms with Crippen LogP contribution in [0.1, 0.15) is 23.5 Å². The molecule has 160 valence electrons. The molecule has 4 rings (SSSR count). The Bertz CT molecular complexity index is 987. The van der Waals surface area contributed by atoms with Crippen molar-refractivity contribution in [3.63, 3.8) is 0 Å². The molecule has 2 aromatic carbocycles. The summed E-state index contributed by atoms with van der Waals surface area (Å²) in [5, 5.41) is 14.1. The zero-order chi connectivity index (χ0) is 21.8. The highest BCUT2D eigenvalue weighted by atomic mass is 16.5. The topological polar surface area (TPSA) is 105 Å². The Hall–Kier alpha value is -3.61. The summed E-state index contributed by atoms with van der Waals surface area (Å²) in [6.45, 7) is 0.738. The Morgan fingerprint density at radius 1 is 1.00 bits per heavy atom. The number of amides is 2. The fraction of sp³-hybridized carbons (Fsp3) is 0.292. The smallest absolute Gasteiger partial charge is 0.407 e. The molecule has 7 heteroatoms. The number of aliphatic carboxylic acids is 1. The highest BCUT2D eigenvalue weighted by Gasteiger charge is 2.42. The summed E-state index contributed by atoms with van der Waals surface area (Å²) in [6.07, 6.45) is 2.90. The quantitative estimate of drug-likeness (QED) is 0.570. The number of carboxylic acids is 1. The van der Waals surface area contributed by atoms with E-state index >= 15 is 0 Å². The zero-order valence-electron chi connectivity index (χ0n) is 16.9. The Balaban J connectivity index is 1.20. The molecule has 2 unspecified atom stereocenters. The van der Waals surface area contributed by atoms with Gasteiger partial charge in [0.05, 0.1) is 5.92 Å². The van der Waals surface area contributed by atoms with Crippen molar-refractivity contribution in [3.05, 3.63) is 71.8 Å². The van der Waals surface area contributed by atoms with Crippen molar-refractivity contribution in [1.29, 1.82) is 0 Å². The van der Waals surface area contributed by atoms with Crippen molar-refractivity contribution in [2.45, 2.75) is 12.3 Å². The van der Waals surface area contributed by atoms with Gasteiger partial charge in [-0.15, -0.1) is 0 Å². The van der Waals surface area contributed by atoms with Crippen LogP contribution in [-0.4, -0.2) is 42.8 Å². The SMILES string of the molecule is O=C(/C=C/CNC(=O)OCC1c2ccccc2-c2ccccc21)NCC1CC1C(=O)O. The van der Waals surface area contributed by atoms with E-state index in [-0.39, 0.29) is 36.8 Å². The van der Waals surface area contributed by atoms with Crippen LogP contribution in [-0.2, 0) is 14.3 Å². The molecule has 7 nitrogen and oxygen atoms in total. The summed E-state index contributed by atoms with van der Waals surface area (Å²) in [5.41, 5.74) is 4.63. The molecule has 0 aliphatic heterocycles. The summed E-state index contributed by atoms with van der Waals surface area (Å²) in [5.74, 6) is -1.47. The lowest BCUT2D eigenvalue weighted by atomic mass is 9.98. The van der Waals surface area contributed by atoms with E-state index in [1.807, 2.05) is 24.3 Å². The molecule has 2 aliphatic rings. The van der Waals surface area contributed by atoms with Crippen LogP contribution in [0.25, 0.3) is 11.1 Å². The standard InChI is InChI=1S/C24H24N2O5/c27-22(26-13-15-12-20(15)23(28)29)10-5-11-25-24(30)31-14-21-18-8-3-1-6-16(18)17-7-2-4-9-19(17)21/h1-10,15,20-21H,11-14H2,(H,25,30)(H,26,27)(H,28,29)/b10-5+. The second kappa shape index (κ2) is 9.04. The van der Waals surface area contributed by atoms with Crippen LogP contribution in [0.3, 0.4) is 0 Å². The largest absolute Gasteiger partial charge is 0.481 e. The molecule has 31 heavy (non-hydrogen) atoms. The maximum Gasteiger partial charge on any atom is 0.407 e. The molecule has 3 N–H and O–H groups in total. The molecule has 0 spiro atoms. The van der Waals surface area contributed by atoms with E-state index in [4.69, 9.17) is 9.84 Å². The number of hydrogen-bond donors (Lipinski definition) is 3. The number of benzene rings is 2. The summed E-state index contributed by atoms with van der Waals surface area (Å²) in [7, 11) is 0. The average Bonchev–Trinajstić information content (AvgIpc) is 3.50. The average molecular weight is 420 g/mol. The molecule has 0 bridgehead atoms. The normalized spacial score (nSPS) is 18.8. The Kier molecular flexibility index (Phi) is 6.02. The lowest BCUT2D eigenvalue weighted by Crippen LogP contribution is -2.27. The predicted molar refractivity (Wildman–Crippen MR) is 114 cm³/mol. The van der Waals surface area contributed by atoms with Crippen molar-refractivity contribution in [2.75, 3.05) is 19.7 Å². The van der Waals surface area contributed by atoms with E-state index in [9.17, 15) is 14.4 Å². The second-order valence-electron chi connectivity index (χ2n) is 7.79. The van der Waals surface area contributed by atoms with Crippen molar-refractivity contribution in [3.8, 4) is 11.1 Å². The highest BCUT2D eigenvalue weighted by molar-refractivity contribution is 5.87. The molecule has 0 radical (unpaired) electrons. The molecule has 1 fully saturated rings. The van der Waals surface area contributed by atoms with Gasteiger partial charge in [-0.05, 0) is 34.6 Å². The van der Waals surface area contributed by atoms with Gasteiger partial charge in [0, 0.05) is 25.1 Å². The molecule has 2 aliphatic carbocycles. The van der Waals surface area contributed by atoms with E-state index in [0.717, 1.165) is 11.1 Å². The zero-order valence-corrected chi connectivity index (χ0v) is 16.9. The molecule has 1 saturated carbocycles. The summed E-state index contributed by atoms with van der Waals surface area (Å²) in [4.78, 5) is 34.6. The van der Waals surface area contributed by atoms with Gasteiger partial charge in [0.15, 0.2) is 0 Å². The van der Waals surface area contributed by atoms with Gasteiger partial charge < -0.3 is 20.5 Å². The second-order valence-corrected chi connectivity index (χ2v) is 7.79. The number of fused-ring (bicyclic) bond motifs is 3. The molecular formula is C24H24N2O5. The molecule has 2 aromatic rings. The summed E-state index contributed by atoms with van der Waals surface area (Å²) in [6, 6.07) is 16.2. The van der Waals surface area contributed by atoms with Crippen LogP contribution < -0.4 is 10.6 Å². The third-order valence-corrected chi connectivity index (χ3v) is 5.76. The number of alkyl carbamates (subject to hydrolysis) is 1. The fourth-order valence-electron chi connectivity index (χ4n) is 4.02.